The lowest BCUT2D eigenvalue weighted by atomic mass is 9.84. The molecule has 2 N–H and O–H groups in total. The molecule has 0 aliphatic carbocycles. The van der Waals surface area contributed by atoms with Gasteiger partial charge in [-0.25, -0.2) is 8.78 Å². The molecular weight excluding hydrogens is 338 g/mol. The van der Waals surface area contributed by atoms with E-state index in [1.807, 2.05) is 38.1 Å². The highest BCUT2D eigenvalue weighted by molar-refractivity contribution is 6.03. The van der Waals surface area contributed by atoms with E-state index in [0.717, 1.165) is 23.4 Å². The number of H-pyrrole nitrogens is 1. The van der Waals surface area contributed by atoms with Crippen molar-refractivity contribution < 1.29 is 18.3 Å². The zero-order valence-corrected chi connectivity index (χ0v) is 14.8. The summed E-state index contributed by atoms with van der Waals surface area (Å²) in [6.07, 6.45) is 2.05. The largest absolute Gasteiger partial charge is 0.497 e. The Morgan fingerprint density at radius 2 is 1.81 bits per heavy atom. The van der Waals surface area contributed by atoms with Gasteiger partial charge in [-0.15, -0.1) is 0 Å². The SMILES string of the molecule is COc1ccc(CC(C)(C)C(=O)Nc2c[nH]c3cc(F)c(F)cc23)cc1. The lowest BCUT2D eigenvalue weighted by Crippen LogP contribution is -2.32. The molecule has 0 bridgehead atoms. The molecule has 0 atom stereocenters. The van der Waals surface area contributed by atoms with Crippen LogP contribution in [0.5, 0.6) is 5.75 Å². The number of nitrogens with one attached hydrogen (secondary N) is 2. The van der Waals surface area contributed by atoms with Crippen LogP contribution in [-0.2, 0) is 11.2 Å². The predicted octanol–water partition coefficient (Wildman–Crippen LogP) is 4.66. The van der Waals surface area contributed by atoms with Crippen molar-refractivity contribution in [2.75, 3.05) is 12.4 Å². The fraction of sp³-hybridized carbons (Fsp3) is 0.250. The van der Waals surface area contributed by atoms with E-state index in [9.17, 15) is 13.6 Å². The summed E-state index contributed by atoms with van der Waals surface area (Å²) in [7, 11) is 1.60. The molecule has 1 heterocycles. The molecule has 0 aliphatic heterocycles. The molecule has 6 heteroatoms. The van der Waals surface area contributed by atoms with E-state index >= 15 is 0 Å². The van der Waals surface area contributed by atoms with Crippen LogP contribution in [0, 0.1) is 17.0 Å². The maximum atomic E-state index is 13.5. The smallest absolute Gasteiger partial charge is 0.230 e. The van der Waals surface area contributed by atoms with Gasteiger partial charge in [-0.2, -0.15) is 0 Å². The Morgan fingerprint density at radius 3 is 2.46 bits per heavy atom. The molecule has 0 saturated carbocycles. The van der Waals surface area contributed by atoms with Crippen LogP contribution in [0.15, 0.2) is 42.6 Å². The van der Waals surface area contributed by atoms with E-state index in [-0.39, 0.29) is 5.91 Å². The number of methoxy groups -OCH3 is 1. The number of carbonyl (C=O) groups is 1. The molecule has 0 fully saturated rings. The Morgan fingerprint density at radius 1 is 1.15 bits per heavy atom. The van der Waals surface area contributed by atoms with Crippen LogP contribution in [0.3, 0.4) is 0 Å². The summed E-state index contributed by atoms with van der Waals surface area (Å²) < 4.78 is 32.0. The van der Waals surface area contributed by atoms with Crippen molar-refractivity contribution in [3.8, 4) is 5.75 Å². The second-order valence-electron chi connectivity index (χ2n) is 6.88. The van der Waals surface area contributed by atoms with Gasteiger partial charge in [0.05, 0.1) is 18.3 Å². The third-order valence-electron chi connectivity index (χ3n) is 4.39. The van der Waals surface area contributed by atoms with Crippen molar-refractivity contribution in [3.05, 3.63) is 59.8 Å². The number of aromatic nitrogens is 1. The van der Waals surface area contributed by atoms with E-state index < -0.39 is 17.0 Å². The van der Waals surface area contributed by atoms with Crippen molar-refractivity contribution in [1.82, 2.24) is 4.98 Å². The van der Waals surface area contributed by atoms with E-state index in [0.29, 0.717) is 23.0 Å². The van der Waals surface area contributed by atoms with Gasteiger partial charge in [-0.1, -0.05) is 26.0 Å². The van der Waals surface area contributed by atoms with Crippen molar-refractivity contribution in [2.24, 2.45) is 5.41 Å². The van der Waals surface area contributed by atoms with E-state index in [1.165, 1.54) is 6.20 Å². The summed E-state index contributed by atoms with van der Waals surface area (Å²) >= 11 is 0. The molecule has 0 radical (unpaired) electrons. The number of rotatable bonds is 5. The Bertz CT molecular complexity index is 946. The molecular formula is C20H20F2N2O2. The topological polar surface area (TPSA) is 54.1 Å². The summed E-state index contributed by atoms with van der Waals surface area (Å²) in [6, 6.07) is 9.67. The molecule has 2 aromatic carbocycles. The van der Waals surface area contributed by atoms with Gasteiger partial charge in [-0.3, -0.25) is 4.79 Å². The van der Waals surface area contributed by atoms with Gasteiger partial charge in [0.15, 0.2) is 11.6 Å². The third-order valence-corrected chi connectivity index (χ3v) is 4.39. The first-order valence-corrected chi connectivity index (χ1v) is 8.20. The van der Waals surface area contributed by atoms with Gasteiger partial charge < -0.3 is 15.0 Å². The molecule has 136 valence electrons. The molecule has 0 aliphatic rings. The summed E-state index contributed by atoms with van der Waals surface area (Å²) in [5, 5.41) is 3.24. The van der Waals surface area contributed by atoms with E-state index in [4.69, 9.17) is 4.74 Å². The molecule has 3 aromatic rings. The van der Waals surface area contributed by atoms with Gasteiger partial charge in [-0.05, 0) is 30.2 Å². The number of fused-ring (bicyclic) bond motifs is 1. The van der Waals surface area contributed by atoms with Gasteiger partial charge in [0.1, 0.15) is 5.75 Å². The maximum Gasteiger partial charge on any atom is 0.230 e. The fourth-order valence-electron chi connectivity index (χ4n) is 2.85. The molecule has 4 nitrogen and oxygen atoms in total. The number of anilines is 1. The predicted molar refractivity (Wildman–Crippen MR) is 97.3 cm³/mol. The van der Waals surface area contributed by atoms with Crippen molar-refractivity contribution in [3.63, 3.8) is 0 Å². The normalized spacial score (nSPS) is 11.6. The van der Waals surface area contributed by atoms with Crippen LogP contribution >= 0.6 is 0 Å². The molecule has 0 saturated heterocycles. The zero-order chi connectivity index (χ0) is 18.9. The number of aromatic amines is 1. The zero-order valence-electron chi connectivity index (χ0n) is 14.8. The quantitative estimate of drug-likeness (QED) is 0.697. The van der Waals surface area contributed by atoms with Gasteiger partial charge in [0, 0.05) is 23.1 Å². The van der Waals surface area contributed by atoms with Crippen LogP contribution in [0.2, 0.25) is 0 Å². The summed E-state index contributed by atoms with van der Waals surface area (Å²) in [5.41, 5.74) is 1.15. The molecule has 3 rings (SSSR count). The fourth-order valence-corrected chi connectivity index (χ4v) is 2.85. The first-order valence-electron chi connectivity index (χ1n) is 8.20. The highest BCUT2D eigenvalue weighted by atomic mass is 19.2. The minimum Gasteiger partial charge on any atom is -0.497 e. The minimum absolute atomic E-state index is 0.209. The third kappa shape index (κ3) is 3.54. The number of amides is 1. The maximum absolute atomic E-state index is 13.5. The molecule has 0 spiro atoms. The standard InChI is InChI=1S/C20H20F2N2O2/c1-20(2,10-12-4-6-13(26-3)7-5-12)19(25)24-18-11-23-17-9-16(22)15(21)8-14(17)18/h4-9,11,23H,10H2,1-3H3,(H,24,25). The lowest BCUT2D eigenvalue weighted by Gasteiger charge is -2.23. The molecule has 1 amide bonds. The molecule has 1 aromatic heterocycles. The van der Waals surface area contributed by atoms with Gasteiger partial charge >= 0.3 is 0 Å². The number of hydrogen-bond acceptors (Lipinski definition) is 2. The lowest BCUT2D eigenvalue weighted by molar-refractivity contribution is -0.123. The van der Waals surface area contributed by atoms with Crippen molar-refractivity contribution >= 4 is 22.5 Å². The van der Waals surface area contributed by atoms with Crippen molar-refractivity contribution in [2.45, 2.75) is 20.3 Å². The first kappa shape index (κ1) is 17.9. The highest BCUT2D eigenvalue weighted by Gasteiger charge is 2.28. The number of carbonyl (C=O) groups excluding carboxylic acids is 1. The Kier molecular flexibility index (Phi) is 4.68. The summed E-state index contributed by atoms with van der Waals surface area (Å²) in [4.78, 5) is 15.6. The number of benzene rings is 2. The minimum atomic E-state index is -0.954. The highest BCUT2D eigenvalue weighted by Crippen LogP contribution is 2.29. The Labute approximate surface area is 150 Å². The number of ether oxygens (including phenoxy) is 1. The summed E-state index contributed by atoms with van der Waals surface area (Å²) in [6.45, 7) is 3.67. The first-order chi connectivity index (χ1) is 12.3. The van der Waals surface area contributed by atoms with Crippen LogP contribution in [0.1, 0.15) is 19.4 Å². The monoisotopic (exact) mass is 358 g/mol. The van der Waals surface area contributed by atoms with Crippen LogP contribution in [-0.4, -0.2) is 18.0 Å². The van der Waals surface area contributed by atoms with E-state index in [1.54, 1.807) is 7.11 Å². The average Bonchev–Trinajstić information content (AvgIpc) is 2.97. The van der Waals surface area contributed by atoms with Crippen LogP contribution < -0.4 is 10.1 Å². The Hall–Kier alpha value is -2.89. The van der Waals surface area contributed by atoms with Gasteiger partial charge in [0.2, 0.25) is 5.91 Å². The second-order valence-corrected chi connectivity index (χ2v) is 6.88. The van der Waals surface area contributed by atoms with Crippen LogP contribution in [0.4, 0.5) is 14.5 Å². The molecule has 26 heavy (non-hydrogen) atoms. The molecule has 0 unspecified atom stereocenters. The van der Waals surface area contributed by atoms with E-state index in [2.05, 4.69) is 10.3 Å². The van der Waals surface area contributed by atoms with Crippen LogP contribution in [0.25, 0.3) is 10.9 Å². The number of hydrogen-bond donors (Lipinski definition) is 2. The number of halogens is 2. The Balaban J connectivity index is 1.78. The second kappa shape index (κ2) is 6.78. The van der Waals surface area contributed by atoms with Crippen molar-refractivity contribution in [1.29, 1.82) is 0 Å². The average molecular weight is 358 g/mol. The van der Waals surface area contributed by atoms with Gasteiger partial charge in [0.25, 0.3) is 0 Å². The summed E-state index contributed by atoms with van der Waals surface area (Å²) in [5.74, 6) is -1.34.